The Kier molecular flexibility index (Phi) is 2.61. The third kappa shape index (κ3) is 1.83. The van der Waals surface area contributed by atoms with Gasteiger partial charge in [0, 0.05) is 38.4 Å². The molecule has 1 atom stereocenters. The summed E-state index contributed by atoms with van der Waals surface area (Å²) in [5.41, 5.74) is 3.49. The topological polar surface area (TPSA) is 44.4 Å². The fourth-order valence-corrected chi connectivity index (χ4v) is 2.60. The van der Waals surface area contributed by atoms with E-state index in [1.54, 1.807) is 4.90 Å². The van der Waals surface area contributed by atoms with Crippen LogP contribution in [0.5, 0.6) is 0 Å². The van der Waals surface area contributed by atoms with Gasteiger partial charge < -0.3 is 15.5 Å². The van der Waals surface area contributed by atoms with Crippen LogP contribution in [0, 0.1) is 0 Å². The van der Waals surface area contributed by atoms with Crippen LogP contribution in [0.1, 0.15) is 17.2 Å². The van der Waals surface area contributed by atoms with Crippen LogP contribution in [0.25, 0.3) is 0 Å². The Morgan fingerprint density at radius 1 is 1.35 bits per heavy atom. The van der Waals surface area contributed by atoms with Gasteiger partial charge in [-0.3, -0.25) is 4.79 Å². The molecule has 0 spiro atoms. The molecular formula is C13H17N3O. The molecule has 1 unspecified atom stereocenters. The Morgan fingerprint density at radius 2 is 2.24 bits per heavy atom. The number of amides is 1. The van der Waals surface area contributed by atoms with Gasteiger partial charge in [-0.05, 0) is 17.2 Å². The quantitative estimate of drug-likeness (QED) is 0.737. The van der Waals surface area contributed by atoms with Crippen molar-refractivity contribution in [1.82, 2.24) is 10.6 Å². The molecule has 1 saturated heterocycles. The van der Waals surface area contributed by atoms with Crippen molar-refractivity contribution in [3.8, 4) is 0 Å². The van der Waals surface area contributed by atoms with E-state index in [4.69, 9.17) is 0 Å². The van der Waals surface area contributed by atoms with E-state index in [2.05, 4.69) is 28.8 Å². The second-order valence-electron chi connectivity index (χ2n) is 4.73. The number of nitrogens with zero attached hydrogens (tertiary/aromatic N) is 1. The number of anilines is 1. The SMILES string of the molecule is CN1C(=O)Cc2cc(C3CNCCN3)ccc21. The maximum Gasteiger partial charge on any atom is 0.231 e. The van der Waals surface area contributed by atoms with Gasteiger partial charge in [0.05, 0.1) is 6.42 Å². The zero-order valence-electron chi connectivity index (χ0n) is 9.99. The number of carbonyl (C=O) groups excluding carboxylic acids is 1. The summed E-state index contributed by atoms with van der Waals surface area (Å²) in [5.74, 6) is 0.187. The number of hydrogen-bond donors (Lipinski definition) is 2. The molecule has 2 heterocycles. The van der Waals surface area contributed by atoms with Crippen molar-refractivity contribution in [2.45, 2.75) is 12.5 Å². The summed E-state index contributed by atoms with van der Waals surface area (Å²) in [6, 6.07) is 6.72. The van der Waals surface area contributed by atoms with Crippen LogP contribution in [0.3, 0.4) is 0 Å². The lowest BCUT2D eigenvalue weighted by Gasteiger charge is -2.25. The maximum atomic E-state index is 11.6. The van der Waals surface area contributed by atoms with Crippen molar-refractivity contribution in [2.75, 3.05) is 31.6 Å². The molecule has 1 aromatic rings. The molecule has 0 saturated carbocycles. The highest BCUT2D eigenvalue weighted by molar-refractivity contribution is 6.00. The van der Waals surface area contributed by atoms with Crippen LogP contribution >= 0.6 is 0 Å². The van der Waals surface area contributed by atoms with E-state index in [9.17, 15) is 4.79 Å². The van der Waals surface area contributed by atoms with Gasteiger partial charge in [0.25, 0.3) is 0 Å². The van der Waals surface area contributed by atoms with Gasteiger partial charge in [-0.25, -0.2) is 0 Å². The third-order valence-electron chi connectivity index (χ3n) is 3.62. The molecule has 1 fully saturated rings. The predicted molar refractivity (Wildman–Crippen MR) is 67.2 cm³/mol. The van der Waals surface area contributed by atoms with Gasteiger partial charge in [-0.15, -0.1) is 0 Å². The number of carbonyl (C=O) groups is 1. The normalized spacial score (nSPS) is 23.9. The van der Waals surface area contributed by atoms with Crippen LogP contribution in [0.2, 0.25) is 0 Å². The highest BCUT2D eigenvalue weighted by Crippen LogP contribution is 2.30. The highest BCUT2D eigenvalue weighted by Gasteiger charge is 2.25. The first kappa shape index (κ1) is 10.7. The summed E-state index contributed by atoms with van der Waals surface area (Å²) < 4.78 is 0. The Bertz CT molecular complexity index is 452. The number of likely N-dealkylation sites (N-methyl/N-ethyl adjacent to an activating group) is 1. The standard InChI is InChI=1S/C13H17N3O/c1-16-12-3-2-9(6-10(12)7-13(16)17)11-8-14-4-5-15-11/h2-3,6,11,14-15H,4-5,7-8H2,1H3. The summed E-state index contributed by atoms with van der Waals surface area (Å²) in [6.45, 7) is 2.99. The Morgan fingerprint density at radius 3 is 3.00 bits per heavy atom. The first-order valence-electron chi connectivity index (χ1n) is 6.09. The molecule has 90 valence electrons. The Labute approximate surface area is 101 Å². The van der Waals surface area contributed by atoms with E-state index in [0.29, 0.717) is 12.5 Å². The molecule has 2 aliphatic heterocycles. The summed E-state index contributed by atoms with van der Waals surface area (Å²) in [4.78, 5) is 13.4. The van der Waals surface area contributed by atoms with E-state index in [1.165, 1.54) is 5.56 Å². The molecule has 4 nitrogen and oxygen atoms in total. The molecule has 3 rings (SSSR count). The summed E-state index contributed by atoms with van der Waals surface area (Å²) in [6.07, 6.45) is 0.541. The fourth-order valence-electron chi connectivity index (χ4n) is 2.60. The number of piperazine rings is 1. The van der Waals surface area contributed by atoms with E-state index < -0.39 is 0 Å². The largest absolute Gasteiger partial charge is 0.315 e. The van der Waals surface area contributed by atoms with Crippen LogP contribution in [0.4, 0.5) is 5.69 Å². The van der Waals surface area contributed by atoms with Crippen LogP contribution in [-0.2, 0) is 11.2 Å². The molecule has 0 aromatic heterocycles. The number of hydrogen-bond acceptors (Lipinski definition) is 3. The molecule has 2 N–H and O–H groups in total. The zero-order chi connectivity index (χ0) is 11.8. The smallest absolute Gasteiger partial charge is 0.231 e. The fraction of sp³-hybridized carbons (Fsp3) is 0.462. The van der Waals surface area contributed by atoms with Gasteiger partial charge in [-0.1, -0.05) is 12.1 Å². The van der Waals surface area contributed by atoms with Gasteiger partial charge in [0.15, 0.2) is 0 Å². The second kappa shape index (κ2) is 4.13. The number of benzene rings is 1. The van der Waals surface area contributed by atoms with E-state index in [0.717, 1.165) is 30.9 Å². The van der Waals surface area contributed by atoms with Gasteiger partial charge >= 0.3 is 0 Å². The Balaban J connectivity index is 1.89. The van der Waals surface area contributed by atoms with E-state index >= 15 is 0 Å². The highest BCUT2D eigenvalue weighted by atomic mass is 16.2. The third-order valence-corrected chi connectivity index (χ3v) is 3.62. The molecular weight excluding hydrogens is 214 g/mol. The molecule has 0 aliphatic carbocycles. The van der Waals surface area contributed by atoms with Gasteiger partial charge in [-0.2, -0.15) is 0 Å². The number of fused-ring (bicyclic) bond motifs is 1. The first-order chi connectivity index (χ1) is 8.25. The second-order valence-corrected chi connectivity index (χ2v) is 4.73. The van der Waals surface area contributed by atoms with E-state index in [-0.39, 0.29) is 5.91 Å². The molecule has 4 heteroatoms. The molecule has 1 aromatic carbocycles. The minimum Gasteiger partial charge on any atom is -0.315 e. The van der Waals surface area contributed by atoms with Crippen LogP contribution < -0.4 is 15.5 Å². The average Bonchev–Trinajstić information content (AvgIpc) is 2.66. The molecule has 1 amide bonds. The molecule has 2 aliphatic rings. The van der Waals surface area contributed by atoms with Crippen LogP contribution in [0.15, 0.2) is 18.2 Å². The predicted octanol–water partition coefficient (Wildman–Crippen LogP) is 0.439. The van der Waals surface area contributed by atoms with Gasteiger partial charge in [0.1, 0.15) is 0 Å². The van der Waals surface area contributed by atoms with Crippen molar-refractivity contribution < 1.29 is 4.79 Å². The van der Waals surface area contributed by atoms with Crippen molar-refractivity contribution >= 4 is 11.6 Å². The molecule has 0 bridgehead atoms. The molecule has 17 heavy (non-hydrogen) atoms. The minimum atomic E-state index is 0.187. The summed E-state index contributed by atoms with van der Waals surface area (Å²) in [5, 5.41) is 6.87. The minimum absolute atomic E-state index is 0.187. The lowest BCUT2D eigenvalue weighted by Crippen LogP contribution is -2.42. The van der Waals surface area contributed by atoms with Crippen molar-refractivity contribution in [3.05, 3.63) is 29.3 Å². The van der Waals surface area contributed by atoms with Crippen molar-refractivity contribution in [2.24, 2.45) is 0 Å². The van der Waals surface area contributed by atoms with Crippen LogP contribution in [-0.4, -0.2) is 32.6 Å². The monoisotopic (exact) mass is 231 g/mol. The number of rotatable bonds is 1. The average molecular weight is 231 g/mol. The number of nitrogens with one attached hydrogen (secondary N) is 2. The summed E-state index contributed by atoms with van der Waals surface area (Å²) >= 11 is 0. The first-order valence-corrected chi connectivity index (χ1v) is 6.09. The molecule has 0 radical (unpaired) electrons. The van der Waals surface area contributed by atoms with Gasteiger partial charge in [0.2, 0.25) is 5.91 Å². The zero-order valence-corrected chi connectivity index (χ0v) is 9.99. The lowest BCUT2D eigenvalue weighted by molar-refractivity contribution is -0.117. The maximum absolute atomic E-state index is 11.6. The Hall–Kier alpha value is -1.39. The summed E-state index contributed by atoms with van der Waals surface area (Å²) in [7, 11) is 1.84. The van der Waals surface area contributed by atoms with E-state index in [1.807, 2.05) is 7.05 Å². The van der Waals surface area contributed by atoms with Crippen molar-refractivity contribution in [3.63, 3.8) is 0 Å². The lowest BCUT2D eigenvalue weighted by atomic mass is 10.0. The van der Waals surface area contributed by atoms with Crippen molar-refractivity contribution in [1.29, 1.82) is 0 Å².